The van der Waals surface area contributed by atoms with E-state index in [2.05, 4.69) is 4.90 Å². The molecule has 2 N–H and O–H groups in total. The molecule has 1 aliphatic heterocycles. The van der Waals surface area contributed by atoms with Gasteiger partial charge in [-0.1, -0.05) is 12.1 Å². The van der Waals surface area contributed by atoms with Gasteiger partial charge in [-0.3, -0.25) is 0 Å². The van der Waals surface area contributed by atoms with Crippen LogP contribution >= 0.6 is 12.4 Å². The lowest BCUT2D eigenvalue weighted by molar-refractivity contribution is -0.138. The summed E-state index contributed by atoms with van der Waals surface area (Å²) in [6, 6.07) is 6.14. The fourth-order valence-corrected chi connectivity index (χ4v) is 2.27. The lowest BCUT2D eigenvalue weighted by Crippen LogP contribution is -2.21. The second kappa shape index (κ2) is 6.48. The van der Waals surface area contributed by atoms with Crippen LogP contribution in [-0.4, -0.2) is 19.3 Å². The Bertz CT molecular complexity index is 386. The van der Waals surface area contributed by atoms with Gasteiger partial charge in [-0.2, -0.15) is 13.2 Å². The van der Waals surface area contributed by atoms with Crippen LogP contribution in [0.2, 0.25) is 0 Å². The zero-order chi connectivity index (χ0) is 13.2. The van der Waals surface area contributed by atoms with Gasteiger partial charge in [-0.05, 0) is 30.5 Å². The van der Waals surface area contributed by atoms with Crippen molar-refractivity contribution in [2.45, 2.75) is 31.5 Å². The van der Waals surface area contributed by atoms with Crippen LogP contribution in [0.1, 0.15) is 30.9 Å². The summed E-state index contributed by atoms with van der Waals surface area (Å²) in [5, 5.41) is 0. The van der Waals surface area contributed by atoms with Crippen molar-refractivity contribution in [3.8, 4) is 0 Å². The molecule has 108 valence electrons. The Hall–Kier alpha value is -0.940. The molecule has 19 heavy (non-hydrogen) atoms. The van der Waals surface area contributed by atoms with E-state index in [0.29, 0.717) is 5.56 Å². The van der Waals surface area contributed by atoms with E-state index >= 15 is 0 Å². The highest BCUT2D eigenvalue weighted by atomic mass is 35.5. The van der Waals surface area contributed by atoms with E-state index in [1.54, 1.807) is 12.1 Å². The first-order valence-electron chi connectivity index (χ1n) is 6.13. The number of halogens is 4. The van der Waals surface area contributed by atoms with Crippen LogP contribution in [0.5, 0.6) is 0 Å². The summed E-state index contributed by atoms with van der Waals surface area (Å²) in [7, 11) is 0. The maximum atomic E-state index is 12.2. The van der Waals surface area contributed by atoms with Crippen LogP contribution in [-0.2, 0) is 0 Å². The normalized spacial score (nSPS) is 17.2. The first-order chi connectivity index (χ1) is 8.46. The van der Waals surface area contributed by atoms with Gasteiger partial charge in [-0.25, -0.2) is 0 Å². The predicted octanol–water partition coefficient (Wildman–Crippen LogP) is 3.66. The zero-order valence-corrected chi connectivity index (χ0v) is 11.3. The maximum Gasteiger partial charge on any atom is 0.390 e. The largest absolute Gasteiger partial charge is 0.390 e. The number of alkyl halides is 3. The molecule has 1 atom stereocenters. The number of benzene rings is 1. The number of nitrogens with zero attached hydrogens (tertiary/aromatic N) is 1. The lowest BCUT2D eigenvalue weighted by Gasteiger charge is -2.19. The van der Waals surface area contributed by atoms with E-state index in [9.17, 15) is 13.2 Å². The van der Waals surface area contributed by atoms with Gasteiger partial charge >= 0.3 is 6.18 Å². The van der Waals surface area contributed by atoms with Gasteiger partial charge in [0.25, 0.3) is 0 Å². The molecule has 0 aromatic heterocycles. The Labute approximate surface area is 117 Å². The van der Waals surface area contributed by atoms with E-state index in [-0.39, 0.29) is 12.4 Å². The zero-order valence-electron chi connectivity index (χ0n) is 10.5. The van der Waals surface area contributed by atoms with Crippen molar-refractivity contribution in [1.82, 2.24) is 0 Å². The highest BCUT2D eigenvalue weighted by Crippen LogP contribution is 2.29. The highest BCUT2D eigenvalue weighted by molar-refractivity contribution is 5.85. The minimum absolute atomic E-state index is 0. The molecule has 0 amide bonds. The third-order valence-corrected chi connectivity index (χ3v) is 3.24. The second-order valence-corrected chi connectivity index (χ2v) is 4.71. The minimum Gasteiger partial charge on any atom is -0.372 e. The maximum absolute atomic E-state index is 12.2. The van der Waals surface area contributed by atoms with E-state index in [0.717, 1.165) is 18.8 Å². The Morgan fingerprint density at radius 3 is 2.11 bits per heavy atom. The lowest BCUT2D eigenvalue weighted by atomic mass is 10.0. The third-order valence-electron chi connectivity index (χ3n) is 3.24. The van der Waals surface area contributed by atoms with Crippen molar-refractivity contribution in [3.63, 3.8) is 0 Å². The molecular formula is C13H18ClF3N2. The Balaban J connectivity index is 0.00000180. The Kier molecular flexibility index (Phi) is 5.50. The fraction of sp³-hybridized carbons (Fsp3) is 0.538. The predicted molar refractivity (Wildman–Crippen MR) is 72.7 cm³/mol. The van der Waals surface area contributed by atoms with Crippen LogP contribution in [0.4, 0.5) is 18.9 Å². The molecule has 2 rings (SSSR count). The number of anilines is 1. The number of hydrogen-bond acceptors (Lipinski definition) is 2. The molecule has 1 aromatic rings. The van der Waals surface area contributed by atoms with Gasteiger partial charge in [0, 0.05) is 24.8 Å². The number of hydrogen-bond donors (Lipinski definition) is 1. The molecule has 0 radical (unpaired) electrons. The molecule has 2 nitrogen and oxygen atoms in total. The van der Waals surface area contributed by atoms with Gasteiger partial charge in [0.05, 0.1) is 6.42 Å². The summed E-state index contributed by atoms with van der Waals surface area (Å²) >= 11 is 0. The fourth-order valence-electron chi connectivity index (χ4n) is 2.27. The summed E-state index contributed by atoms with van der Waals surface area (Å²) in [5.74, 6) is 0. The Morgan fingerprint density at radius 2 is 1.63 bits per heavy atom. The van der Waals surface area contributed by atoms with Crippen molar-refractivity contribution in [3.05, 3.63) is 29.8 Å². The molecule has 1 aromatic carbocycles. The molecule has 6 heteroatoms. The van der Waals surface area contributed by atoms with E-state index in [1.807, 2.05) is 12.1 Å². The van der Waals surface area contributed by atoms with Crippen LogP contribution in [0, 0.1) is 0 Å². The van der Waals surface area contributed by atoms with Crippen LogP contribution < -0.4 is 10.6 Å². The van der Waals surface area contributed by atoms with Crippen LogP contribution in [0.3, 0.4) is 0 Å². The monoisotopic (exact) mass is 294 g/mol. The van der Waals surface area contributed by atoms with Gasteiger partial charge in [0.1, 0.15) is 0 Å². The van der Waals surface area contributed by atoms with E-state index < -0.39 is 18.6 Å². The average molecular weight is 295 g/mol. The first-order valence-corrected chi connectivity index (χ1v) is 6.13. The molecule has 0 spiro atoms. The summed E-state index contributed by atoms with van der Waals surface area (Å²) in [6.45, 7) is 2.04. The summed E-state index contributed by atoms with van der Waals surface area (Å²) < 4.78 is 36.7. The summed E-state index contributed by atoms with van der Waals surface area (Å²) in [5.41, 5.74) is 7.15. The molecule has 0 saturated carbocycles. The quantitative estimate of drug-likeness (QED) is 0.922. The molecule has 1 aliphatic rings. The SMILES string of the molecule is Cl.N[C@@H](CC(F)(F)F)c1ccc(N2CCCC2)cc1. The summed E-state index contributed by atoms with van der Waals surface area (Å²) in [4.78, 5) is 2.24. The third kappa shape index (κ3) is 4.58. The molecule has 1 heterocycles. The first kappa shape index (κ1) is 16.1. The molecular weight excluding hydrogens is 277 g/mol. The van der Waals surface area contributed by atoms with E-state index in [4.69, 9.17) is 5.73 Å². The molecule has 0 aliphatic carbocycles. The highest BCUT2D eigenvalue weighted by Gasteiger charge is 2.30. The van der Waals surface area contributed by atoms with Crippen LogP contribution in [0.25, 0.3) is 0 Å². The van der Waals surface area contributed by atoms with Gasteiger partial charge in [0.2, 0.25) is 0 Å². The molecule has 0 bridgehead atoms. The summed E-state index contributed by atoms with van der Waals surface area (Å²) in [6.07, 6.45) is -2.84. The van der Waals surface area contributed by atoms with Crippen molar-refractivity contribution in [2.24, 2.45) is 5.73 Å². The molecule has 0 unspecified atom stereocenters. The Morgan fingerprint density at radius 1 is 1.11 bits per heavy atom. The van der Waals surface area contributed by atoms with Gasteiger partial charge in [-0.15, -0.1) is 12.4 Å². The average Bonchev–Trinajstić information content (AvgIpc) is 2.80. The molecule has 1 fully saturated rings. The van der Waals surface area contributed by atoms with Crippen molar-refractivity contribution in [1.29, 1.82) is 0 Å². The van der Waals surface area contributed by atoms with Crippen molar-refractivity contribution < 1.29 is 13.2 Å². The van der Waals surface area contributed by atoms with E-state index in [1.165, 1.54) is 12.8 Å². The number of nitrogens with two attached hydrogens (primary N) is 1. The topological polar surface area (TPSA) is 29.3 Å². The minimum atomic E-state index is -4.22. The standard InChI is InChI=1S/C13H17F3N2.ClH/c14-13(15,16)9-12(17)10-3-5-11(6-4-10)18-7-1-2-8-18;/h3-6,12H,1-2,7-9,17H2;1H/t12-;/m0./s1. The van der Waals surface area contributed by atoms with Gasteiger partial charge in [0.15, 0.2) is 0 Å². The second-order valence-electron chi connectivity index (χ2n) is 4.71. The van der Waals surface area contributed by atoms with Crippen molar-refractivity contribution >= 4 is 18.1 Å². The van der Waals surface area contributed by atoms with Crippen LogP contribution in [0.15, 0.2) is 24.3 Å². The number of rotatable bonds is 3. The van der Waals surface area contributed by atoms with Crippen molar-refractivity contribution in [2.75, 3.05) is 18.0 Å². The van der Waals surface area contributed by atoms with Gasteiger partial charge < -0.3 is 10.6 Å². The molecule has 1 saturated heterocycles. The smallest absolute Gasteiger partial charge is 0.372 e.